The van der Waals surface area contributed by atoms with Crippen LogP contribution in [0.15, 0.2) is 24.3 Å². The summed E-state index contributed by atoms with van der Waals surface area (Å²) in [6.45, 7) is 4.06. The summed E-state index contributed by atoms with van der Waals surface area (Å²) in [5, 5.41) is 12.8. The number of rotatable bonds is 7. The largest absolute Gasteiger partial charge is 0.482 e. The van der Waals surface area contributed by atoms with Crippen molar-refractivity contribution in [2.24, 2.45) is 5.92 Å². The van der Waals surface area contributed by atoms with Gasteiger partial charge >= 0.3 is 0 Å². The minimum absolute atomic E-state index is 0.114. The van der Waals surface area contributed by atoms with Crippen molar-refractivity contribution in [1.82, 2.24) is 5.32 Å². The number of para-hydroxylation sites is 1. The Balaban J connectivity index is 2.31. The molecule has 0 saturated carbocycles. The van der Waals surface area contributed by atoms with E-state index in [1.165, 1.54) is 0 Å². The Hall–Kier alpha value is -1.26. The molecule has 0 bridgehead atoms. The number of hydrogen-bond acceptors (Lipinski definition) is 3. The first-order chi connectivity index (χ1) is 9.04. The molecule has 0 spiro atoms. The van der Waals surface area contributed by atoms with Crippen LogP contribution in [0.4, 0.5) is 0 Å². The number of benzene rings is 1. The maximum atomic E-state index is 11.6. The Labute approximate surface area is 118 Å². The lowest BCUT2D eigenvalue weighted by Gasteiger charge is -2.17. The summed E-state index contributed by atoms with van der Waals surface area (Å²) in [7, 11) is 0. The van der Waals surface area contributed by atoms with Gasteiger partial charge in [-0.3, -0.25) is 4.79 Å². The quantitative estimate of drug-likeness (QED) is 0.808. The van der Waals surface area contributed by atoms with Gasteiger partial charge in [0.1, 0.15) is 5.75 Å². The fourth-order valence-electron chi connectivity index (χ4n) is 1.45. The van der Waals surface area contributed by atoms with Gasteiger partial charge in [0.05, 0.1) is 11.1 Å². The maximum Gasteiger partial charge on any atom is 0.258 e. The summed E-state index contributed by atoms with van der Waals surface area (Å²) in [4.78, 5) is 11.6. The first-order valence-electron chi connectivity index (χ1n) is 6.36. The normalized spacial score (nSPS) is 13.7. The first-order valence-corrected chi connectivity index (χ1v) is 6.74. The fraction of sp³-hybridized carbons (Fsp3) is 0.500. The molecule has 2 N–H and O–H groups in total. The van der Waals surface area contributed by atoms with Crippen molar-refractivity contribution in [3.05, 3.63) is 29.3 Å². The van der Waals surface area contributed by atoms with Crippen LogP contribution in [0.3, 0.4) is 0 Å². The van der Waals surface area contributed by atoms with Gasteiger partial charge in [0.15, 0.2) is 6.61 Å². The molecule has 1 rings (SSSR count). The van der Waals surface area contributed by atoms with Gasteiger partial charge < -0.3 is 15.2 Å². The molecule has 5 heteroatoms. The van der Waals surface area contributed by atoms with Gasteiger partial charge in [-0.05, 0) is 18.1 Å². The number of halogens is 1. The zero-order valence-corrected chi connectivity index (χ0v) is 12.0. The monoisotopic (exact) mass is 285 g/mol. The SMILES string of the molecule is CCC(C)C(O)CNC(=O)COc1ccccc1Cl. The zero-order valence-electron chi connectivity index (χ0n) is 11.2. The van der Waals surface area contributed by atoms with E-state index < -0.39 is 6.10 Å². The smallest absolute Gasteiger partial charge is 0.258 e. The van der Waals surface area contributed by atoms with Crippen molar-refractivity contribution in [3.63, 3.8) is 0 Å². The van der Waals surface area contributed by atoms with E-state index in [9.17, 15) is 9.90 Å². The highest BCUT2D eigenvalue weighted by molar-refractivity contribution is 6.32. The van der Waals surface area contributed by atoms with Crippen LogP contribution >= 0.6 is 11.6 Å². The van der Waals surface area contributed by atoms with Crippen LogP contribution in [-0.2, 0) is 4.79 Å². The van der Waals surface area contributed by atoms with Crippen LogP contribution in [0.25, 0.3) is 0 Å². The molecule has 0 aliphatic rings. The fourth-order valence-corrected chi connectivity index (χ4v) is 1.64. The third-order valence-corrected chi connectivity index (χ3v) is 3.32. The molecule has 1 aromatic rings. The van der Waals surface area contributed by atoms with E-state index in [4.69, 9.17) is 16.3 Å². The predicted molar refractivity (Wildman–Crippen MR) is 75.4 cm³/mol. The standard InChI is InChI=1S/C14H20ClNO3/c1-3-10(2)12(17)8-16-14(18)9-19-13-7-5-4-6-11(13)15/h4-7,10,12,17H,3,8-9H2,1-2H3,(H,16,18). The van der Waals surface area contributed by atoms with Gasteiger partial charge in [-0.25, -0.2) is 0 Å². The Bertz CT molecular complexity index is 411. The summed E-state index contributed by atoms with van der Waals surface area (Å²) >= 11 is 5.90. The average molecular weight is 286 g/mol. The van der Waals surface area contributed by atoms with Crippen LogP contribution in [0.2, 0.25) is 5.02 Å². The number of carbonyl (C=O) groups excluding carboxylic acids is 1. The molecule has 0 fully saturated rings. The van der Waals surface area contributed by atoms with Crippen molar-refractivity contribution in [1.29, 1.82) is 0 Å². The second-order valence-corrected chi connectivity index (χ2v) is 4.88. The average Bonchev–Trinajstić information content (AvgIpc) is 2.42. The molecule has 0 aromatic heterocycles. The Kier molecular flexibility index (Phi) is 6.67. The van der Waals surface area contributed by atoms with Crippen LogP contribution < -0.4 is 10.1 Å². The number of carbonyl (C=O) groups is 1. The van der Waals surface area contributed by atoms with E-state index in [1.807, 2.05) is 13.8 Å². The van der Waals surface area contributed by atoms with Gasteiger partial charge in [-0.2, -0.15) is 0 Å². The van der Waals surface area contributed by atoms with Gasteiger partial charge in [0.25, 0.3) is 5.91 Å². The van der Waals surface area contributed by atoms with Gasteiger partial charge in [-0.1, -0.05) is 44.0 Å². The lowest BCUT2D eigenvalue weighted by Crippen LogP contribution is -2.37. The summed E-state index contributed by atoms with van der Waals surface area (Å²) in [5.41, 5.74) is 0. The van der Waals surface area contributed by atoms with E-state index in [1.54, 1.807) is 24.3 Å². The summed E-state index contributed by atoms with van der Waals surface area (Å²) < 4.78 is 5.29. The van der Waals surface area contributed by atoms with Crippen molar-refractivity contribution >= 4 is 17.5 Å². The molecule has 106 valence electrons. The minimum Gasteiger partial charge on any atom is -0.482 e. The van der Waals surface area contributed by atoms with Crippen molar-refractivity contribution in [3.8, 4) is 5.75 Å². The molecular weight excluding hydrogens is 266 g/mol. The van der Waals surface area contributed by atoms with Crippen LogP contribution in [-0.4, -0.2) is 30.3 Å². The number of aliphatic hydroxyl groups excluding tert-OH is 1. The van der Waals surface area contributed by atoms with Gasteiger partial charge in [0.2, 0.25) is 0 Å². The minimum atomic E-state index is -0.533. The molecule has 19 heavy (non-hydrogen) atoms. The van der Waals surface area contributed by atoms with Gasteiger partial charge in [-0.15, -0.1) is 0 Å². The van der Waals surface area contributed by atoms with Crippen LogP contribution in [0.5, 0.6) is 5.75 Å². The lowest BCUT2D eigenvalue weighted by atomic mass is 10.0. The highest BCUT2D eigenvalue weighted by atomic mass is 35.5. The molecule has 1 aromatic carbocycles. The maximum absolute atomic E-state index is 11.6. The molecule has 0 aliphatic carbocycles. The molecule has 0 aliphatic heterocycles. The second kappa shape index (κ2) is 8.02. The third kappa shape index (κ3) is 5.49. The Morgan fingerprint density at radius 3 is 2.79 bits per heavy atom. The number of ether oxygens (including phenoxy) is 1. The molecule has 2 unspecified atom stereocenters. The molecule has 4 nitrogen and oxygen atoms in total. The van der Waals surface area contributed by atoms with E-state index in [-0.39, 0.29) is 25.0 Å². The topological polar surface area (TPSA) is 58.6 Å². The predicted octanol–water partition coefficient (Wildman–Crippen LogP) is 2.24. The lowest BCUT2D eigenvalue weighted by molar-refractivity contribution is -0.123. The molecule has 0 saturated heterocycles. The highest BCUT2D eigenvalue weighted by Gasteiger charge is 2.13. The van der Waals surface area contributed by atoms with Gasteiger partial charge in [0, 0.05) is 6.54 Å². The molecule has 0 radical (unpaired) electrons. The Morgan fingerprint density at radius 1 is 1.47 bits per heavy atom. The molecule has 1 amide bonds. The summed E-state index contributed by atoms with van der Waals surface area (Å²) in [5.74, 6) is 0.355. The number of hydrogen-bond donors (Lipinski definition) is 2. The van der Waals surface area contributed by atoms with E-state index in [2.05, 4.69) is 5.32 Å². The van der Waals surface area contributed by atoms with E-state index in [0.29, 0.717) is 10.8 Å². The third-order valence-electron chi connectivity index (χ3n) is 3.00. The number of nitrogens with one attached hydrogen (secondary N) is 1. The zero-order chi connectivity index (χ0) is 14.3. The van der Waals surface area contributed by atoms with Crippen molar-refractivity contribution in [2.75, 3.05) is 13.2 Å². The number of amides is 1. The Morgan fingerprint density at radius 2 is 2.16 bits per heavy atom. The van der Waals surface area contributed by atoms with E-state index >= 15 is 0 Å². The number of aliphatic hydroxyl groups is 1. The van der Waals surface area contributed by atoms with E-state index in [0.717, 1.165) is 6.42 Å². The van der Waals surface area contributed by atoms with Crippen molar-refractivity contribution in [2.45, 2.75) is 26.4 Å². The summed E-state index contributed by atoms with van der Waals surface area (Å²) in [6.07, 6.45) is 0.335. The second-order valence-electron chi connectivity index (χ2n) is 4.48. The molecular formula is C14H20ClNO3. The van der Waals surface area contributed by atoms with Crippen molar-refractivity contribution < 1.29 is 14.6 Å². The summed E-state index contributed by atoms with van der Waals surface area (Å²) in [6, 6.07) is 6.97. The van der Waals surface area contributed by atoms with Crippen LogP contribution in [0, 0.1) is 5.92 Å². The first kappa shape index (κ1) is 15.8. The molecule has 0 heterocycles. The molecule has 2 atom stereocenters. The van der Waals surface area contributed by atoms with Crippen LogP contribution in [0.1, 0.15) is 20.3 Å². The highest BCUT2D eigenvalue weighted by Crippen LogP contribution is 2.22.